The van der Waals surface area contributed by atoms with Crippen molar-refractivity contribution in [1.29, 1.82) is 0 Å². The Balaban J connectivity index is 1.83. The molecule has 0 unspecified atom stereocenters. The predicted molar refractivity (Wildman–Crippen MR) is 79.1 cm³/mol. The Hall–Kier alpha value is -0.910. The Morgan fingerprint density at radius 2 is 1.85 bits per heavy atom. The molecule has 3 aliphatic rings. The Labute approximate surface area is 121 Å². The van der Waals surface area contributed by atoms with Crippen molar-refractivity contribution in [2.45, 2.75) is 43.0 Å². The molecule has 2 saturated heterocycles. The van der Waals surface area contributed by atoms with E-state index in [1.54, 1.807) is 12.1 Å². The van der Waals surface area contributed by atoms with Gasteiger partial charge in [-0.2, -0.15) is 0 Å². The molecule has 0 aromatic heterocycles. The van der Waals surface area contributed by atoms with Gasteiger partial charge in [-0.25, -0.2) is 13.1 Å². The lowest BCUT2D eigenvalue weighted by atomic mass is 9.79. The minimum atomic E-state index is -3.43. The molecule has 1 aliphatic carbocycles. The molecule has 3 fully saturated rings. The van der Waals surface area contributed by atoms with Gasteiger partial charge in [0.15, 0.2) is 0 Å². The fourth-order valence-electron chi connectivity index (χ4n) is 3.33. The SMILES string of the molecule is Cc1ccc(S(=O)(=O)NC23CCC(CC2)CNC3)cc1. The van der Waals surface area contributed by atoms with Gasteiger partial charge in [0.25, 0.3) is 0 Å². The zero-order chi connectivity index (χ0) is 14.2. The highest BCUT2D eigenvalue weighted by Gasteiger charge is 2.40. The first-order chi connectivity index (χ1) is 9.49. The first kappa shape index (κ1) is 14.0. The quantitative estimate of drug-likeness (QED) is 0.894. The number of nitrogens with one attached hydrogen (secondary N) is 2. The van der Waals surface area contributed by atoms with Crippen LogP contribution in [0, 0.1) is 12.8 Å². The van der Waals surface area contributed by atoms with Crippen molar-refractivity contribution in [3.63, 3.8) is 0 Å². The average molecular weight is 294 g/mol. The molecule has 0 atom stereocenters. The number of hydrogen-bond acceptors (Lipinski definition) is 3. The highest BCUT2D eigenvalue weighted by molar-refractivity contribution is 7.89. The summed E-state index contributed by atoms with van der Waals surface area (Å²) < 4.78 is 28.1. The average Bonchev–Trinajstić information content (AvgIpc) is 2.72. The van der Waals surface area contributed by atoms with Gasteiger partial charge < -0.3 is 5.32 Å². The summed E-state index contributed by atoms with van der Waals surface area (Å²) >= 11 is 0. The zero-order valence-electron chi connectivity index (χ0n) is 11.9. The van der Waals surface area contributed by atoms with Crippen molar-refractivity contribution in [3.05, 3.63) is 29.8 Å². The van der Waals surface area contributed by atoms with Gasteiger partial charge in [0.1, 0.15) is 0 Å². The van der Waals surface area contributed by atoms with Gasteiger partial charge in [-0.1, -0.05) is 17.7 Å². The summed E-state index contributed by atoms with van der Waals surface area (Å²) in [6.07, 6.45) is 4.11. The first-order valence-corrected chi connectivity index (χ1v) is 8.79. The van der Waals surface area contributed by atoms with E-state index in [9.17, 15) is 8.42 Å². The maximum Gasteiger partial charge on any atom is 0.241 e. The topological polar surface area (TPSA) is 58.2 Å². The Morgan fingerprint density at radius 1 is 1.20 bits per heavy atom. The minimum absolute atomic E-state index is 0.295. The molecule has 20 heavy (non-hydrogen) atoms. The van der Waals surface area contributed by atoms with Crippen LogP contribution >= 0.6 is 0 Å². The molecule has 1 aromatic rings. The monoisotopic (exact) mass is 294 g/mol. The van der Waals surface area contributed by atoms with Gasteiger partial charge in [-0.3, -0.25) is 0 Å². The smallest absolute Gasteiger partial charge is 0.241 e. The normalized spacial score (nSPS) is 30.1. The Bertz CT molecular complexity index is 567. The number of hydrogen-bond donors (Lipinski definition) is 2. The van der Waals surface area contributed by atoms with E-state index >= 15 is 0 Å². The summed E-state index contributed by atoms with van der Waals surface area (Å²) in [5.74, 6) is 0.717. The third-order valence-corrected chi connectivity index (χ3v) is 6.24. The van der Waals surface area contributed by atoms with Gasteiger partial charge in [0.2, 0.25) is 10.0 Å². The third-order valence-electron chi connectivity index (χ3n) is 4.64. The van der Waals surface area contributed by atoms with Crippen molar-refractivity contribution in [3.8, 4) is 0 Å². The van der Waals surface area contributed by atoms with Crippen molar-refractivity contribution < 1.29 is 8.42 Å². The van der Waals surface area contributed by atoms with Crippen LogP contribution in [-0.2, 0) is 10.0 Å². The van der Waals surface area contributed by atoms with Gasteiger partial charge in [0.05, 0.1) is 4.90 Å². The van der Waals surface area contributed by atoms with Crippen molar-refractivity contribution >= 4 is 10.0 Å². The summed E-state index contributed by atoms with van der Waals surface area (Å²) in [6, 6.07) is 7.05. The molecule has 1 aromatic carbocycles. The van der Waals surface area contributed by atoms with E-state index in [0.29, 0.717) is 4.90 Å². The summed E-state index contributed by atoms with van der Waals surface area (Å²) in [5.41, 5.74) is 0.773. The van der Waals surface area contributed by atoms with Crippen LogP contribution < -0.4 is 10.0 Å². The lowest BCUT2D eigenvalue weighted by Gasteiger charge is -2.36. The molecule has 1 saturated carbocycles. The van der Waals surface area contributed by atoms with Crippen molar-refractivity contribution in [2.24, 2.45) is 5.92 Å². The Kier molecular flexibility index (Phi) is 3.60. The van der Waals surface area contributed by atoms with E-state index in [1.807, 2.05) is 19.1 Å². The highest BCUT2D eigenvalue weighted by Crippen LogP contribution is 2.35. The summed E-state index contributed by atoms with van der Waals surface area (Å²) in [5, 5.41) is 3.41. The van der Waals surface area contributed by atoms with E-state index in [1.165, 1.54) is 0 Å². The molecule has 0 amide bonds. The molecule has 4 nitrogen and oxygen atoms in total. The predicted octanol–water partition coefficient (Wildman–Crippen LogP) is 1.81. The van der Waals surface area contributed by atoms with E-state index in [-0.39, 0.29) is 5.54 Å². The molecule has 2 heterocycles. The molecule has 2 N–H and O–H groups in total. The van der Waals surface area contributed by atoms with Gasteiger partial charge in [-0.15, -0.1) is 0 Å². The van der Waals surface area contributed by atoms with E-state index < -0.39 is 10.0 Å². The van der Waals surface area contributed by atoms with Gasteiger partial charge in [-0.05, 0) is 57.2 Å². The molecule has 4 rings (SSSR count). The van der Waals surface area contributed by atoms with E-state index in [2.05, 4.69) is 10.0 Å². The number of aryl methyl sites for hydroxylation is 1. The van der Waals surface area contributed by atoms with Crippen LogP contribution in [0.2, 0.25) is 0 Å². The van der Waals surface area contributed by atoms with Crippen LogP contribution in [0.15, 0.2) is 29.2 Å². The fraction of sp³-hybridized carbons (Fsp3) is 0.600. The van der Waals surface area contributed by atoms with Gasteiger partial charge >= 0.3 is 0 Å². The van der Waals surface area contributed by atoms with Crippen molar-refractivity contribution in [2.75, 3.05) is 13.1 Å². The first-order valence-electron chi connectivity index (χ1n) is 7.31. The number of benzene rings is 1. The number of sulfonamides is 1. The summed E-state index contributed by atoms with van der Waals surface area (Å²) in [7, 11) is -3.43. The second-order valence-electron chi connectivity index (χ2n) is 6.27. The van der Waals surface area contributed by atoms with E-state index in [4.69, 9.17) is 0 Å². The lowest BCUT2D eigenvalue weighted by molar-refractivity contribution is 0.257. The van der Waals surface area contributed by atoms with Crippen LogP contribution in [-0.4, -0.2) is 27.0 Å². The second-order valence-corrected chi connectivity index (χ2v) is 7.96. The van der Waals surface area contributed by atoms with Gasteiger partial charge in [0, 0.05) is 12.1 Å². The maximum atomic E-state index is 12.6. The van der Waals surface area contributed by atoms with Crippen LogP contribution in [0.3, 0.4) is 0 Å². The summed E-state index contributed by atoms with van der Waals surface area (Å²) in [4.78, 5) is 0.365. The second kappa shape index (κ2) is 5.13. The molecular weight excluding hydrogens is 272 g/mol. The maximum absolute atomic E-state index is 12.6. The van der Waals surface area contributed by atoms with Crippen LogP contribution in [0.25, 0.3) is 0 Å². The molecule has 0 spiro atoms. The van der Waals surface area contributed by atoms with Crippen LogP contribution in [0.5, 0.6) is 0 Å². The molecular formula is C15H22N2O2S. The van der Waals surface area contributed by atoms with E-state index in [0.717, 1.165) is 50.3 Å². The summed E-state index contributed by atoms with van der Waals surface area (Å²) in [6.45, 7) is 3.72. The molecule has 2 aliphatic heterocycles. The largest absolute Gasteiger partial charge is 0.315 e. The van der Waals surface area contributed by atoms with Crippen LogP contribution in [0.1, 0.15) is 31.2 Å². The minimum Gasteiger partial charge on any atom is -0.315 e. The molecule has 110 valence electrons. The number of rotatable bonds is 3. The number of fused-ring (bicyclic) bond motifs is 4. The molecule has 0 radical (unpaired) electrons. The van der Waals surface area contributed by atoms with Crippen LogP contribution in [0.4, 0.5) is 0 Å². The Morgan fingerprint density at radius 3 is 2.50 bits per heavy atom. The lowest BCUT2D eigenvalue weighted by Crippen LogP contribution is -2.53. The third kappa shape index (κ3) is 2.75. The highest BCUT2D eigenvalue weighted by atomic mass is 32.2. The zero-order valence-corrected chi connectivity index (χ0v) is 12.7. The molecule has 2 bridgehead atoms. The fourth-order valence-corrected chi connectivity index (χ4v) is 4.78. The van der Waals surface area contributed by atoms with Crippen molar-refractivity contribution in [1.82, 2.24) is 10.0 Å². The molecule has 5 heteroatoms. The standard InChI is InChI=1S/C15H22N2O2S/c1-12-2-4-14(5-3-12)20(18,19)17-15-8-6-13(7-9-15)10-16-11-15/h2-5,13,16-17H,6-11H2,1H3.